The Hall–Kier alpha value is -5.53. The summed E-state index contributed by atoms with van der Waals surface area (Å²) >= 11 is 0. The summed E-state index contributed by atoms with van der Waals surface area (Å²) < 4.78 is 51.1. The van der Waals surface area contributed by atoms with E-state index in [2.05, 4.69) is 53.2 Å². The Balaban J connectivity index is 1.38. The van der Waals surface area contributed by atoms with Crippen LogP contribution >= 0.6 is 0 Å². The summed E-state index contributed by atoms with van der Waals surface area (Å²) in [6.45, 7) is 2.75. The third-order valence-electron chi connectivity index (χ3n) is 15.1. The Labute approximate surface area is 551 Å². The molecule has 548 valence electrons. The lowest BCUT2D eigenvalue weighted by molar-refractivity contribution is -0.270. The molecule has 95 heavy (non-hydrogen) atoms. The predicted molar refractivity (Wildman–Crippen MR) is 327 cm³/mol. The second-order valence-corrected chi connectivity index (χ2v) is 23.0. The minimum Gasteiger partial charge on any atom is -0.394 e. The van der Waals surface area contributed by atoms with Gasteiger partial charge in [-0.1, -0.05) is 0 Å². The molecule has 0 spiro atoms. The van der Waals surface area contributed by atoms with Crippen molar-refractivity contribution in [3.8, 4) is 0 Å². The minimum absolute atomic E-state index is 0.00889. The molecule has 37 nitrogen and oxygen atoms in total. The highest BCUT2D eigenvalue weighted by Gasteiger charge is 2.48. The first-order chi connectivity index (χ1) is 45.4. The zero-order valence-corrected chi connectivity index (χ0v) is 54.5. The van der Waals surface area contributed by atoms with Gasteiger partial charge in [0.1, 0.15) is 73.1 Å². The van der Waals surface area contributed by atoms with E-state index in [0.717, 1.165) is 0 Å². The maximum atomic E-state index is 12.7. The largest absolute Gasteiger partial charge is 0.394 e. The molecule has 3 rings (SSSR count). The van der Waals surface area contributed by atoms with Gasteiger partial charge in [-0.15, -0.1) is 0 Å². The normalized spacial score (nSPS) is 26.4. The van der Waals surface area contributed by atoms with Gasteiger partial charge in [0.2, 0.25) is 53.2 Å². The van der Waals surface area contributed by atoms with Gasteiger partial charge < -0.3 is 142 Å². The molecule has 3 aliphatic heterocycles. The van der Waals surface area contributed by atoms with Crippen LogP contribution in [0.1, 0.15) is 91.4 Å². The Bertz CT molecular complexity index is 2210. The molecule has 3 fully saturated rings. The first kappa shape index (κ1) is 83.7. The molecule has 3 heterocycles. The molecule has 3 aliphatic rings. The second kappa shape index (κ2) is 46.6. The monoisotopic (exact) mass is 1370 g/mol. The highest BCUT2D eigenvalue weighted by molar-refractivity contribution is 5.78. The maximum absolute atomic E-state index is 12.7. The first-order valence-corrected chi connectivity index (χ1v) is 31.9. The molecular weight excluding hydrogens is 1270 g/mol. The van der Waals surface area contributed by atoms with Crippen molar-refractivity contribution >= 4 is 53.2 Å². The number of ether oxygens (including phenoxy) is 9. The summed E-state index contributed by atoms with van der Waals surface area (Å²) in [7, 11) is 1.64. The van der Waals surface area contributed by atoms with Gasteiger partial charge in [-0.2, -0.15) is 0 Å². The number of unbranched alkanes of at least 4 members (excludes halogenated alkanes) is 1. The van der Waals surface area contributed by atoms with Gasteiger partial charge in [0.05, 0.1) is 91.1 Å². The van der Waals surface area contributed by atoms with Crippen LogP contribution in [0.25, 0.3) is 0 Å². The summed E-state index contributed by atoms with van der Waals surface area (Å²) in [6, 6.07) is -3.39. The zero-order chi connectivity index (χ0) is 70.3. The van der Waals surface area contributed by atoms with Crippen LogP contribution in [-0.2, 0) is 85.8 Å². The van der Waals surface area contributed by atoms with Crippen LogP contribution in [0.4, 0.5) is 0 Å². The number of likely N-dealkylation sites (N-methyl/N-ethyl adjacent to an activating group) is 1. The summed E-state index contributed by atoms with van der Waals surface area (Å²) in [5.41, 5.74) is -1.02. The van der Waals surface area contributed by atoms with Gasteiger partial charge in [0, 0.05) is 92.3 Å². The van der Waals surface area contributed by atoms with E-state index in [4.69, 9.17) is 42.6 Å². The number of aliphatic hydroxyl groups is 9. The number of amides is 9. The third-order valence-corrected chi connectivity index (χ3v) is 15.1. The molecule has 16 atom stereocenters. The molecule has 0 aromatic heterocycles. The Morgan fingerprint density at radius 1 is 0.358 bits per heavy atom. The highest BCUT2D eigenvalue weighted by Crippen LogP contribution is 2.25. The highest BCUT2D eigenvalue weighted by atomic mass is 16.7. The number of rotatable bonds is 48. The predicted octanol–water partition coefficient (Wildman–Crippen LogP) is -9.14. The molecule has 37 heteroatoms. The molecule has 0 saturated carbocycles. The van der Waals surface area contributed by atoms with Gasteiger partial charge in [-0.05, 0) is 39.2 Å². The molecule has 0 bridgehead atoms. The SMILES string of the molecule is CNC(COCCC(=O)NCCCNC(=O)CCCCO[C@@H]1OC(CO)[C@H](O)C(O)C1NC(C)=O)(COCCC(=O)NCCCNC(=O)CCO[C@@H]1OC(CO)[C@H](O)C(O)C1NC(C)=O)COCCC(=O)NCCCNC(=O)CCO[C@@H]1OC(CO)[C@H](O)C(O)[C@@H]1NC(C)=O. The number of aliphatic hydroxyl groups excluding tert-OH is 9. The summed E-state index contributed by atoms with van der Waals surface area (Å²) in [5, 5.41) is 117. The van der Waals surface area contributed by atoms with Gasteiger partial charge in [-0.3, -0.25) is 43.2 Å². The van der Waals surface area contributed by atoms with Crippen molar-refractivity contribution in [1.29, 1.82) is 0 Å². The molecule has 9 unspecified atom stereocenters. The zero-order valence-electron chi connectivity index (χ0n) is 54.5. The molecule has 0 aromatic rings. The molecule has 9 amide bonds. The average molecular weight is 1370 g/mol. The van der Waals surface area contributed by atoms with Crippen molar-refractivity contribution < 1.29 is 132 Å². The Kier molecular flexibility index (Phi) is 41.1. The maximum Gasteiger partial charge on any atom is 0.222 e. The van der Waals surface area contributed by atoms with Crippen LogP contribution in [-0.4, -0.2) is 322 Å². The molecule has 0 radical (unpaired) electrons. The number of hydrogen-bond donors (Lipinski definition) is 19. The fourth-order valence-electron chi connectivity index (χ4n) is 9.76. The van der Waals surface area contributed by atoms with Crippen molar-refractivity contribution in [1.82, 2.24) is 53.2 Å². The standard InChI is InChI=1S/C58H104N10O27/c1-34(72)66-46-52(84)49(81)37(28-69)93-55(46)90-22-6-5-10-40(75)60-16-7-17-61-41(76)11-23-87-31-58(59-4,32-88-24-12-42(77)62-18-8-20-64-44(79)14-26-91-56-47(67-35(2)73)53(85)50(82)38(29-70)94-56)33-89-25-13-43(78)63-19-9-21-65-45(80)15-27-92-57-48(68-36(3)74)54(86)51(83)39(30-71)95-57/h37-39,46-57,59,69-71,81-86H,5-33H2,1-4H3,(H,60,75)(H,61,76)(H,62,77)(H,63,78)(H,64,79)(H,65,80)(H,66,72)(H,67,73)(H,68,74)/t37?,38?,39?,46?,47-,48?,49-,50-,51-,52?,53?,54?,55+,56+,57+,58?/m0/s1. The lowest BCUT2D eigenvalue weighted by atomic mass is 9.97. The third kappa shape index (κ3) is 32.1. The van der Waals surface area contributed by atoms with Crippen LogP contribution in [0, 0.1) is 0 Å². The lowest BCUT2D eigenvalue weighted by Crippen LogP contribution is -2.64. The van der Waals surface area contributed by atoms with Crippen LogP contribution in [0.3, 0.4) is 0 Å². The van der Waals surface area contributed by atoms with E-state index < -0.39 is 147 Å². The van der Waals surface area contributed by atoms with Gasteiger partial charge in [0.15, 0.2) is 18.9 Å². The first-order valence-electron chi connectivity index (χ1n) is 31.9. The van der Waals surface area contributed by atoms with E-state index >= 15 is 0 Å². The van der Waals surface area contributed by atoms with Gasteiger partial charge in [-0.25, -0.2) is 0 Å². The fourth-order valence-corrected chi connectivity index (χ4v) is 9.76. The van der Waals surface area contributed by atoms with E-state index in [0.29, 0.717) is 32.1 Å². The lowest BCUT2D eigenvalue weighted by Gasteiger charge is -2.42. The smallest absolute Gasteiger partial charge is 0.222 e. The second-order valence-electron chi connectivity index (χ2n) is 23.0. The fraction of sp³-hybridized carbons (Fsp3) is 0.845. The Morgan fingerprint density at radius 2 is 0.621 bits per heavy atom. The quantitative estimate of drug-likeness (QED) is 0.0252. The molecule has 3 saturated heterocycles. The van der Waals surface area contributed by atoms with Gasteiger partial charge >= 0.3 is 0 Å². The van der Waals surface area contributed by atoms with E-state index in [-0.39, 0.29) is 161 Å². The molecule has 0 aromatic carbocycles. The van der Waals surface area contributed by atoms with Crippen molar-refractivity contribution in [2.24, 2.45) is 0 Å². The minimum atomic E-state index is -1.50. The van der Waals surface area contributed by atoms with Crippen molar-refractivity contribution in [2.45, 2.75) is 189 Å². The molecule has 0 aliphatic carbocycles. The summed E-state index contributed by atoms with van der Waals surface area (Å²) in [5.74, 6) is -3.55. The molecular formula is C58H104N10O27. The van der Waals surface area contributed by atoms with Crippen LogP contribution < -0.4 is 53.2 Å². The van der Waals surface area contributed by atoms with E-state index in [1.807, 2.05) is 0 Å². The van der Waals surface area contributed by atoms with Crippen LogP contribution in [0.2, 0.25) is 0 Å². The van der Waals surface area contributed by atoms with Crippen molar-refractivity contribution in [2.75, 3.05) is 126 Å². The van der Waals surface area contributed by atoms with E-state index in [1.165, 1.54) is 20.8 Å². The van der Waals surface area contributed by atoms with Crippen molar-refractivity contribution in [3.05, 3.63) is 0 Å². The van der Waals surface area contributed by atoms with Crippen LogP contribution in [0.5, 0.6) is 0 Å². The van der Waals surface area contributed by atoms with Crippen LogP contribution in [0.15, 0.2) is 0 Å². The van der Waals surface area contributed by atoms with Gasteiger partial charge in [0.25, 0.3) is 0 Å². The number of carbonyl (C=O) groups excluding carboxylic acids is 9. The Morgan fingerprint density at radius 3 is 0.884 bits per heavy atom. The van der Waals surface area contributed by atoms with Crippen molar-refractivity contribution in [3.63, 3.8) is 0 Å². The number of hydrogen-bond acceptors (Lipinski definition) is 28. The average Bonchev–Trinajstić information content (AvgIpc) is 0.913. The summed E-state index contributed by atoms with van der Waals surface area (Å²) in [6.07, 6.45) is -14.2. The summed E-state index contributed by atoms with van der Waals surface area (Å²) in [4.78, 5) is 111. The number of nitrogens with one attached hydrogen (secondary N) is 10. The van der Waals surface area contributed by atoms with E-state index in [9.17, 15) is 89.1 Å². The topological polar surface area (TPSA) is 539 Å². The number of carbonyl (C=O) groups is 9. The molecule has 19 N–H and O–H groups in total. The van der Waals surface area contributed by atoms with E-state index in [1.54, 1.807) is 7.05 Å².